The molecule has 1 aromatic heterocycles. The molecular weight excluding hydrogens is 274 g/mol. The molecule has 0 saturated heterocycles. The lowest BCUT2D eigenvalue weighted by Gasteiger charge is -2.21. The van der Waals surface area contributed by atoms with E-state index in [0.717, 1.165) is 12.1 Å². The molecule has 0 unspecified atom stereocenters. The van der Waals surface area contributed by atoms with Crippen molar-refractivity contribution in [1.29, 1.82) is 0 Å². The Balaban J connectivity index is 1.94. The van der Waals surface area contributed by atoms with Gasteiger partial charge >= 0.3 is 0 Å². The van der Waals surface area contributed by atoms with Crippen LogP contribution in [0.3, 0.4) is 0 Å². The first-order valence-electron chi connectivity index (χ1n) is 6.00. The molecule has 1 aromatic carbocycles. The van der Waals surface area contributed by atoms with Crippen LogP contribution in [0.15, 0.2) is 52.9 Å². The molecular formula is C14H13N3S2. The highest BCUT2D eigenvalue weighted by Crippen LogP contribution is 2.33. The molecule has 0 radical (unpaired) electrons. The van der Waals surface area contributed by atoms with Gasteiger partial charge in [-0.05, 0) is 29.2 Å². The molecule has 0 fully saturated rings. The molecule has 19 heavy (non-hydrogen) atoms. The second kappa shape index (κ2) is 5.11. The summed E-state index contributed by atoms with van der Waals surface area (Å²) in [4.78, 5) is 1.18. The number of hydrogen-bond acceptors (Lipinski definition) is 3. The zero-order chi connectivity index (χ0) is 13.2. The summed E-state index contributed by atoms with van der Waals surface area (Å²) in [5.74, 6) is 0. The van der Waals surface area contributed by atoms with Crippen molar-refractivity contribution in [3.05, 3.63) is 58.3 Å². The predicted octanol–water partition coefficient (Wildman–Crippen LogP) is 3.14. The summed E-state index contributed by atoms with van der Waals surface area (Å²) in [6.07, 6.45) is 0.835. The molecule has 0 aliphatic carbocycles. The lowest BCUT2D eigenvalue weighted by atomic mass is 10.0. The van der Waals surface area contributed by atoms with Gasteiger partial charge in [0.05, 0.1) is 16.6 Å². The van der Waals surface area contributed by atoms with Crippen LogP contribution in [0.4, 0.5) is 0 Å². The van der Waals surface area contributed by atoms with Crippen molar-refractivity contribution in [2.75, 3.05) is 0 Å². The van der Waals surface area contributed by atoms with Crippen LogP contribution in [0, 0.1) is 0 Å². The quantitative estimate of drug-likeness (QED) is 0.863. The number of nitrogens with two attached hydrogens (primary N) is 1. The van der Waals surface area contributed by atoms with Gasteiger partial charge in [-0.15, -0.1) is 11.3 Å². The number of thiophene rings is 1. The van der Waals surface area contributed by atoms with Gasteiger partial charge in [-0.25, -0.2) is 5.01 Å². The van der Waals surface area contributed by atoms with E-state index in [1.165, 1.54) is 10.4 Å². The van der Waals surface area contributed by atoms with E-state index < -0.39 is 0 Å². The van der Waals surface area contributed by atoms with Crippen LogP contribution >= 0.6 is 23.6 Å². The van der Waals surface area contributed by atoms with E-state index in [4.69, 9.17) is 18.0 Å². The molecule has 0 amide bonds. The zero-order valence-corrected chi connectivity index (χ0v) is 11.8. The third kappa shape index (κ3) is 2.39. The number of nitrogens with zero attached hydrogens (tertiary/aromatic N) is 2. The van der Waals surface area contributed by atoms with Gasteiger partial charge in [-0.2, -0.15) is 5.10 Å². The van der Waals surface area contributed by atoms with Crippen molar-refractivity contribution < 1.29 is 0 Å². The smallest absolute Gasteiger partial charge is 0.187 e. The lowest BCUT2D eigenvalue weighted by molar-refractivity contribution is 0.373. The van der Waals surface area contributed by atoms with Crippen LogP contribution in [0.2, 0.25) is 0 Å². The number of hydrazone groups is 1. The molecule has 2 N–H and O–H groups in total. The molecule has 5 heteroatoms. The first-order valence-corrected chi connectivity index (χ1v) is 7.29. The molecule has 1 aliphatic rings. The molecule has 1 aliphatic heterocycles. The lowest BCUT2D eigenvalue weighted by Crippen LogP contribution is -2.31. The summed E-state index contributed by atoms with van der Waals surface area (Å²) < 4.78 is 0. The van der Waals surface area contributed by atoms with E-state index in [1.807, 2.05) is 24.3 Å². The van der Waals surface area contributed by atoms with Crippen LogP contribution in [0.1, 0.15) is 22.9 Å². The highest BCUT2D eigenvalue weighted by Gasteiger charge is 2.30. The Bertz CT molecular complexity index is 605. The largest absolute Gasteiger partial charge is 0.375 e. The topological polar surface area (TPSA) is 41.6 Å². The van der Waals surface area contributed by atoms with Gasteiger partial charge < -0.3 is 5.73 Å². The fourth-order valence-corrected chi connectivity index (χ4v) is 3.13. The normalized spacial score (nSPS) is 18.4. The van der Waals surface area contributed by atoms with Gasteiger partial charge in [-0.1, -0.05) is 36.4 Å². The van der Waals surface area contributed by atoms with E-state index >= 15 is 0 Å². The van der Waals surface area contributed by atoms with Gasteiger partial charge in [0.1, 0.15) is 0 Å². The molecule has 3 rings (SSSR count). The Morgan fingerprint density at radius 3 is 2.68 bits per heavy atom. The van der Waals surface area contributed by atoms with Crippen molar-refractivity contribution in [2.45, 2.75) is 12.5 Å². The minimum atomic E-state index is 0.107. The van der Waals surface area contributed by atoms with Crippen LogP contribution in [0.25, 0.3) is 0 Å². The highest BCUT2D eigenvalue weighted by molar-refractivity contribution is 7.80. The fourth-order valence-electron chi connectivity index (χ4n) is 2.24. The molecule has 0 saturated carbocycles. The number of benzene rings is 1. The van der Waals surface area contributed by atoms with E-state index in [0.29, 0.717) is 5.11 Å². The molecule has 2 aromatic rings. The summed E-state index contributed by atoms with van der Waals surface area (Å²) in [5.41, 5.74) is 8.03. The summed E-state index contributed by atoms with van der Waals surface area (Å²) in [6.45, 7) is 0. The van der Waals surface area contributed by atoms with E-state index in [9.17, 15) is 0 Å². The molecule has 3 nitrogen and oxygen atoms in total. The molecule has 0 spiro atoms. The van der Waals surface area contributed by atoms with Crippen molar-refractivity contribution in [3.63, 3.8) is 0 Å². The minimum absolute atomic E-state index is 0.107. The Kier molecular flexibility index (Phi) is 3.31. The first kappa shape index (κ1) is 12.3. The Labute approximate surface area is 121 Å². The van der Waals surface area contributed by atoms with Gasteiger partial charge in [0.25, 0.3) is 0 Å². The zero-order valence-electron chi connectivity index (χ0n) is 10.2. The summed E-state index contributed by atoms with van der Waals surface area (Å²) in [7, 11) is 0. The van der Waals surface area contributed by atoms with Gasteiger partial charge in [0.2, 0.25) is 0 Å². The first-order chi connectivity index (χ1) is 9.25. The van der Waals surface area contributed by atoms with Crippen LogP contribution in [0.5, 0.6) is 0 Å². The fraction of sp³-hybridized carbons (Fsp3) is 0.143. The van der Waals surface area contributed by atoms with E-state index in [1.54, 1.807) is 16.3 Å². The van der Waals surface area contributed by atoms with Crippen molar-refractivity contribution in [1.82, 2.24) is 5.01 Å². The number of rotatable bonds is 2. The predicted molar refractivity (Wildman–Crippen MR) is 83.3 cm³/mol. The average molecular weight is 287 g/mol. The maximum Gasteiger partial charge on any atom is 0.187 e. The van der Waals surface area contributed by atoms with Crippen LogP contribution in [-0.2, 0) is 0 Å². The van der Waals surface area contributed by atoms with Gasteiger partial charge in [0.15, 0.2) is 5.11 Å². The highest BCUT2D eigenvalue weighted by atomic mass is 32.1. The summed E-state index contributed by atoms with van der Waals surface area (Å²) >= 11 is 6.80. The summed E-state index contributed by atoms with van der Waals surface area (Å²) in [5, 5.41) is 8.71. The van der Waals surface area contributed by atoms with E-state index in [-0.39, 0.29) is 6.04 Å². The molecule has 96 valence electrons. The Morgan fingerprint density at radius 1 is 1.26 bits per heavy atom. The Morgan fingerprint density at radius 2 is 2.05 bits per heavy atom. The van der Waals surface area contributed by atoms with E-state index in [2.05, 4.69) is 28.7 Å². The minimum Gasteiger partial charge on any atom is -0.375 e. The molecule has 1 atom stereocenters. The monoisotopic (exact) mass is 287 g/mol. The standard InChI is InChI=1S/C14H13N3S2/c15-14(18)17-12(10-5-2-1-3-6-10)9-11(16-17)13-7-4-8-19-13/h1-8,12H,9H2,(H2,15,18)/t12-/m0/s1. The van der Waals surface area contributed by atoms with Gasteiger partial charge in [-0.3, -0.25) is 0 Å². The Hall–Kier alpha value is -1.72. The van der Waals surface area contributed by atoms with Gasteiger partial charge in [0, 0.05) is 6.42 Å². The second-order valence-electron chi connectivity index (χ2n) is 4.34. The van der Waals surface area contributed by atoms with Crippen molar-refractivity contribution in [3.8, 4) is 0 Å². The van der Waals surface area contributed by atoms with Crippen LogP contribution in [-0.4, -0.2) is 15.8 Å². The average Bonchev–Trinajstić information content (AvgIpc) is 3.08. The third-order valence-corrected chi connectivity index (χ3v) is 4.23. The van der Waals surface area contributed by atoms with Crippen LogP contribution < -0.4 is 5.73 Å². The second-order valence-corrected chi connectivity index (χ2v) is 5.70. The third-order valence-electron chi connectivity index (χ3n) is 3.13. The van der Waals surface area contributed by atoms with Crippen molar-refractivity contribution >= 4 is 34.4 Å². The molecule has 2 heterocycles. The molecule has 0 bridgehead atoms. The maximum atomic E-state index is 5.79. The maximum absolute atomic E-state index is 5.79. The van der Waals surface area contributed by atoms with Crippen molar-refractivity contribution in [2.24, 2.45) is 10.8 Å². The SMILES string of the molecule is NC(=S)N1N=C(c2cccs2)C[C@H]1c1ccccc1. The summed E-state index contributed by atoms with van der Waals surface area (Å²) in [6, 6.07) is 14.4. The number of hydrogen-bond donors (Lipinski definition) is 1. The number of thiocarbonyl (C=S) groups is 1.